The third kappa shape index (κ3) is 10.3. The van der Waals surface area contributed by atoms with E-state index in [2.05, 4.69) is 158 Å². The molecule has 0 nitrogen and oxygen atoms in total. The average Bonchev–Trinajstić information content (AvgIpc) is 3.72. The normalized spacial score (nSPS) is 11.8. The third-order valence-corrected chi connectivity index (χ3v) is 9.31. The van der Waals surface area contributed by atoms with Crippen LogP contribution < -0.4 is 24.8 Å². The van der Waals surface area contributed by atoms with E-state index in [1.165, 1.54) is 71.2 Å². The summed E-state index contributed by atoms with van der Waals surface area (Å²) >= 11 is 1.46. The Morgan fingerprint density at radius 2 is 1.09 bits per heavy atom. The minimum atomic E-state index is 0. The van der Waals surface area contributed by atoms with Crippen LogP contribution in [0.3, 0.4) is 0 Å². The first-order chi connectivity index (χ1) is 20.9. The molecule has 1 aliphatic rings. The van der Waals surface area contributed by atoms with Gasteiger partial charge in [0.2, 0.25) is 0 Å². The SMILES string of the molecule is C=Cc1ccc2[cH-]c3ccc(C=C)cc3c2c1.CC(C)(C)c1ccc([C](=[Zr+2])c2ccc(C(C)(C)C)cc2)cc1.[C-]1=CC=CC1.[Cl-].[Cl-]. The molecule has 0 unspecified atom stereocenters. The van der Waals surface area contributed by atoms with Crippen LogP contribution in [0.5, 0.6) is 0 Å². The summed E-state index contributed by atoms with van der Waals surface area (Å²) < 4.78 is 1.42. The van der Waals surface area contributed by atoms with Gasteiger partial charge in [0.25, 0.3) is 0 Å². The van der Waals surface area contributed by atoms with Crippen molar-refractivity contribution in [2.24, 2.45) is 0 Å². The Morgan fingerprint density at radius 3 is 1.37 bits per heavy atom. The summed E-state index contributed by atoms with van der Waals surface area (Å²) in [6.45, 7) is 21.2. The number of halogens is 2. The van der Waals surface area contributed by atoms with E-state index in [1.807, 2.05) is 24.3 Å². The van der Waals surface area contributed by atoms with Gasteiger partial charge in [-0.05, 0) is 11.1 Å². The smallest absolute Gasteiger partial charge is 0.109 e. The maximum Gasteiger partial charge on any atom is -0.109 e. The van der Waals surface area contributed by atoms with Crippen LogP contribution in [0, 0.1) is 6.08 Å². The van der Waals surface area contributed by atoms with Crippen molar-refractivity contribution < 1.29 is 49.0 Å². The molecule has 0 saturated carbocycles. The zero-order valence-corrected chi connectivity index (χ0v) is 31.9. The predicted octanol–water partition coefficient (Wildman–Crippen LogP) is 5.71. The molecule has 0 bridgehead atoms. The summed E-state index contributed by atoms with van der Waals surface area (Å²) in [5.41, 5.74) is 8.22. The summed E-state index contributed by atoms with van der Waals surface area (Å²) in [6, 6.07) is 33.2. The van der Waals surface area contributed by atoms with Gasteiger partial charge in [-0.2, -0.15) is 6.08 Å². The largest absolute Gasteiger partial charge is 1.00 e. The van der Waals surface area contributed by atoms with Crippen molar-refractivity contribution >= 4 is 36.9 Å². The number of rotatable bonds is 4. The van der Waals surface area contributed by atoms with Gasteiger partial charge < -0.3 is 24.8 Å². The number of hydrogen-bond donors (Lipinski definition) is 0. The Labute approximate surface area is 304 Å². The number of allylic oxidation sites excluding steroid dienone is 4. The van der Waals surface area contributed by atoms with Gasteiger partial charge in [0.1, 0.15) is 0 Å². The van der Waals surface area contributed by atoms with Gasteiger partial charge in [0.15, 0.2) is 0 Å². The molecule has 6 rings (SSSR count). The second kappa shape index (κ2) is 17.3. The van der Waals surface area contributed by atoms with E-state index in [0.29, 0.717) is 0 Å². The Kier molecular flexibility index (Phi) is 14.7. The topological polar surface area (TPSA) is 0 Å². The Balaban J connectivity index is 0.000000272. The van der Waals surface area contributed by atoms with Gasteiger partial charge in [-0.1, -0.05) is 49.6 Å². The predicted molar refractivity (Wildman–Crippen MR) is 192 cm³/mol. The molecule has 1 aliphatic carbocycles. The summed E-state index contributed by atoms with van der Waals surface area (Å²) in [5, 5.41) is 5.15. The van der Waals surface area contributed by atoms with Gasteiger partial charge in [-0.3, -0.25) is 6.08 Å². The summed E-state index contributed by atoms with van der Waals surface area (Å²) in [6.07, 6.45) is 13.8. The Morgan fingerprint density at radius 1 is 0.674 bits per heavy atom. The molecular weight excluding hydrogens is 679 g/mol. The van der Waals surface area contributed by atoms with Crippen molar-refractivity contribution in [3.63, 3.8) is 0 Å². The Bertz CT molecular complexity index is 1690. The zero-order chi connectivity index (χ0) is 31.9. The van der Waals surface area contributed by atoms with Crippen LogP contribution in [-0.4, -0.2) is 3.21 Å². The maximum absolute atomic E-state index is 3.82. The van der Waals surface area contributed by atoms with E-state index < -0.39 is 0 Å². The van der Waals surface area contributed by atoms with Crippen LogP contribution in [0.2, 0.25) is 0 Å². The fourth-order valence-corrected chi connectivity index (χ4v) is 5.89. The van der Waals surface area contributed by atoms with E-state index in [1.54, 1.807) is 0 Å². The van der Waals surface area contributed by atoms with Crippen molar-refractivity contribution in [1.82, 2.24) is 0 Å². The molecule has 0 spiro atoms. The first kappa shape index (κ1) is 39.2. The summed E-state index contributed by atoms with van der Waals surface area (Å²) in [5.74, 6) is 0. The van der Waals surface area contributed by atoms with Crippen LogP contribution in [0.15, 0.2) is 122 Å². The van der Waals surface area contributed by atoms with Gasteiger partial charge in [-0.15, -0.1) is 46.2 Å². The first-order valence-corrected chi connectivity index (χ1v) is 16.5. The molecule has 5 aromatic carbocycles. The number of hydrogen-bond acceptors (Lipinski definition) is 0. The molecule has 0 N–H and O–H groups in total. The van der Waals surface area contributed by atoms with Crippen LogP contribution in [-0.2, 0) is 35.1 Å². The zero-order valence-electron chi connectivity index (χ0n) is 27.9. The van der Waals surface area contributed by atoms with Gasteiger partial charge in [0, 0.05) is 0 Å². The van der Waals surface area contributed by atoms with Crippen molar-refractivity contribution in [3.8, 4) is 0 Å². The van der Waals surface area contributed by atoms with Crippen LogP contribution in [0.4, 0.5) is 0 Å². The monoisotopic (exact) mass is 720 g/mol. The van der Waals surface area contributed by atoms with E-state index in [9.17, 15) is 0 Å². The van der Waals surface area contributed by atoms with Crippen molar-refractivity contribution in [1.29, 1.82) is 0 Å². The van der Waals surface area contributed by atoms with E-state index >= 15 is 0 Å². The molecule has 0 amide bonds. The fourth-order valence-electron chi connectivity index (χ4n) is 5.07. The van der Waals surface area contributed by atoms with Crippen LogP contribution >= 0.6 is 0 Å². The molecule has 0 aliphatic heterocycles. The second-order valence-corrected chi connectivity index (χ2v) is 14.5. The molecule has 5 aromatic rings. The summed E-state index contributed by atoms with van der Waals surface area (Å²) in [4.78, 5) is 0. The van der Waals surface area contributed by atoms with Crippen molar-refractivity contribution in [2.75, 3.05) is 0 Å². The van der Waals surface area contributed by atoms with Gasteiger partial charge in [0.05, 0.1) is 0 Å². The molecular formula is C43H44Cl2Zr-2. The van der Waals surface area contributed by atoms with Crippen LogP contribution in [0.25, 0.3) is 33.7 Å². The molecule has 0 fully saturated rings. The van der Waals surface area contributed by atoms with Crippen molar-refractivity contribution in [2.45, 2.75) is 58.8 Å². The first-order valence-electron chi connectivity index (χ1n) is 15.3. The molecule has 0 saturated heterocycles. The fraction of sp³-hybridized carbons (Fsp3) is 0.209. The molecule has 0 aromatic heterocycles. The second-order valence-electron chi connectivity index (χ2n) is 13.3. The maximum atomic E-state index is 3.82. The molecule has 46 heavy (non-hydrogen) atoms. The number of fused-ring (bicyclic) bond motifs is 3. The Hall–Kier alpha value is -2.96. The standard InChI is InChI=1S/C21H26.C17H13.C5H5.2ClH.Zr/c1-20(2,3)18-11-7-16(8-12-18)15-17-9-13-19(14-10-17)21(4,5)6;1-3-12-5-7-14-11-15-8-6-13(4-2)10-17(15)16(14)9-12;1-2-4-5-3-1;;;/h7-14H,1-6H3;3-11H,1-2H2;1-3H,4H2;2*1H;/q;2*-1;;;+2/p-2. The van der Waals surface area contributed by atoms with Gasteiger partial charge >= 0.3 is 151 Å². The van der Waals surface area contributed by atoms with E-state index in [-0.39, 0.29) is 35.6 Å². The van der Waals surface area contributed by atoms with Crippen molar-refractivity contribution in [3.05, 3.63) is 162 Å². The molecule has 3 heteroatoms. The molecule has 0 heterocycles. The van der Waals surface area contributed by atoms with E-state index in [0.717, 1.165) is 17.5 Å². The third-order valence-electron chi connectivity index (χ3n) is 7.89. The van der Waals surface area contributed by atoms with Gasteiger partial charge in [-0.25, -0.2) is 12.2 Å². The minimum absolute atomic E-state index is 0. The van der Waals surface area contributed by atoms with E-state index in [4.69, 9.17) is 0 Å². The van der Waals surface area contributed by atoms with Crippen LogP contribution in [0.1, 0.15) is 81.3 Å². The molecule has 0 radical (unpaired) electrons. The molecule has 0 atom stereocenters. The number of benzene rings is 4. The quantitative estimate of drug-likeness (QED) is 0.209. The minimum Gasteiger partial charge on any atom is -1.00 e. The summed E-state index contributed by atoms with van der Waals surface area (Å²) in [7, 11) is 0. The molecule has 236 valence electrons. The average molecular weight is 723 g/mol.